The second-order valence-corrected chi connectivity index (χ2v) is 7.98. The number of urea groups is 1. The minimum atomic E-state index is -0.0445. The van der Waals surface area contributed by atoms with Crippen LogP contribution < -0.4 is 5.32 Å². The molecule has 0 unspecified atom stereocenters. The lowest BCUT2D eigenvalue weighted by molar-refractivity contribution is 0.204. The first kappa shape index (κ1) is 17.9. The lowest BCUT2D eigenvalue weighted by atomic mass is 9.90. The predicted octanol–water partition coefficient (Wildman–Crippen LogP) is 3.42. The Hall–Kier alpha value is -2.44. The molecule has 1 aliphatic carbocycles. The zero-order valence-corrected chi connectivity index (χ0v) is 16.0. The largest absolute Gasteiger partial charge is 0.339 e. The Labute approximate surface area is 159 Å². The highest BCUT2D eigenvalue weighted by atomic mass is 16.5. The maximum atomic E-state index is 12.6. The fourth-order valence-corrected chi connectivity index (χ4v) is 4.24. The van der Waals surface area contributed by atoms with E-state index in [0.717, 1.165) is 24.2 Å². The molecule has 144 valence electrons. The van der Waals surface area contributed by atoms with Gasteiger partial charge < -0.3 is 14.7 Å². The molecule has 27 heavy (non-hydrogen) atoms. The van der Waals surface area contributed by atoms with Gasteiger partial charge in [-0.3, -0.25) is 4.98 Å². The number of aromatic nitrogens is 3. The Kier molecular flexibility index (Phi) is 5.09. The molecule has 4 rings (SSSR count). The topological polar surface area (TPSA) is 84.2 Å². The number of likely N-dealkylation sites (tertiary alicyclic amines) is 1. The first-order valence-electron chi connectivity index (χ1n) is 9.90. The van der Waals surface area contributed by atoms with E-state index in [-0.39, 0.29) is 23.9 Å². The van der Waals surface area contributed by atoms with Gasteiger partial charge in [-0.1, -0.05) is 24.1 Å². The molecule has 2 fully saturated rings. The third-order valence-corrected chi connectivity index (χ3v) is 5.63. The smallest absolute Gasteiger partial charge is 0.317 e. The van der Waals surface area contributed by atoms with Crippen LogP contribution in [-0.4, -0.2) is 45.2 Å². The van der Waals surface area contributed by atoms with Crippen LogP contribution in [0.4, 0.5) is 4.79 Å². The lowest BCUT2D eigenvalue weighted by Gasteiger charge is -2.19. The molecule has 2 atom stereocenters. The number of pyridine rings is 1. The Morgan fingerprint density at radius 2 is 2.04 bits per heavy atom. The molecule has 0 bridgehead atoms. The van der Waals surface area contributed by atoms with Gasteiger partial charge in [0.25, 0.3) is 0 Å². The third-order valence-electron chi connectivity index (χ3n) is 5.63. The molecule has 7 heteroatoms. The van der Waals surface area contributed by atoms with Crippen molar-refractivity contribution in [3.8, 4) is 0 Å². The van der Waals surface area contributed by atoms with Crippen LogP contribution in [-0.2, 0) is 0 Å². The second-order valence-electron chi connectivity index (χ2n) is 7.98. The monoisotopic (exact) mass is 369 g/mol. The Morgan fingerprint density at radius 1 is 1.26 bits per heavy atom. The van der Waals surface area contributed by atoms with Crippen molar-refractivity contribution in [1.29, 1.82) is 0 Å². The molecule has 1 saturated carbocycles. The van der Waals surface area contributed by atoms with Gasteiger partial charge in [-0.2, -0.15) is 4.98 Å². The lowest BCUT2D eigenvalue weighted by Crippen LogP contribution is -2.41. The summed E-state index contributed by atoms with van der Waals surface area (Å²) in [6.07, 6.45) is 8.38. The fourth-order valence-electron chi connectivity index (χ4n) is 4.24. The van der Waals surface area contributed by atoms with Crippen LogP contribution >= 0.6 is 0 Å². The van der Waals surface area contributed by atoms with E-state index in [0.29, 0.717) is 24.9 Å². The number of rotatable bonds is 4. The summed E-state index contributed by atoms with van der Waals surface area (Å²) in [6, 6.07) is 4.05. The molecule has 2 aromatic rings. The summed E-state index contributed by atoms with van der Waals surface area (Å²) in [5.41, 5.74) is 1.10. The van der Waals surface area contributed by atoms with Crippen LogP contribution in [0.1, 0.15) is 74.6 Å². The van der Waals surface area contributed by atoms with E-state index in [1.54, 1.807) is 6.20 Å². The molecule has 0 aromatic carbocycles. The van der Waals surface area contributed by atoms with Crippen LogP contribution in [0.5, 0.6) is 0 Å². The van der Waals surface area contributed by atoms with Crippen molar-refractivity contribution in [2.75, 3.05) is 13.1 Å². The maximum Gasteiger partial charge on any atom is 0.317 e. The number of hydrogen-bond donors (Lipinski definition) is 1. The summed E-state index contributed by atoms with van der Waals surface area (Å²) in [5.74, 6) is 1.99. The predicted molar refractivity (Wildman–Crippen MR) is 100 cm³/mol. The zero-order chi connectivity index (χ0) is 18.8. The average Bonchev–Trinajstić information content (AvgIpc) is 3.40. The van der Waals surface area contributed by atoms with Crippen molar-refractivity contribution in [2.24, 2.45) is 0 Å². The van der Waals surface area contributed by atoms with Gasteiger partial charge >= 0.3 is 6.03 Å². The van der Waals surface area contributed by atoms with Gasteiger partial charge in [0.1, 0.15) is 0 Å². The van der Waals surface area contributed by atoms with Crippen molar-refractivity contribution >= 4 is 6.03 Å². The van der Waals surface area contributed by atoms with E-state index < -0.39 is 0 Å². The van der Waals surface area contributed by atoms with Crippen LogP contribution in [0.2, 0.25) is 0 Å². The number of amides is 2. The van der Waals surface area contributed by atoms with Crippen molar-refractivity contribution < 1.29 is 9.32 Å². The number of carbonyl (C=O) groups excluding carboxylic acids is 1. The van der Waals surface area contributed by atoms with Crippen LogP contribution in [0, 0.1) is 0 Å². The molecule has 7 nitrogen and oxygen atoms in total. The number of nitrogens with zero attached hydrogens (tertiary/aromatic N) is 4. The molecular formula is C20H27N5O2. The fraction of sp³-hybridized carbons (Fsp3) is 0.600. The SMILES string of the molecule is CC(C)NC(=O)N1C[C@@H](c2cccnc2)[C@H](c2nc(C3CCCC3)no2)C1. The summed E-state index contributed by atoms with van der Waals surface area (Å²) in [6.45, 7) is 5.13. The van der Waals surface area contributed by atoms with Gasteiger partial charge in [0.2, 0.25) is 5.89 Å². The Bertz CT molecular complexity index is 770. The van der Waals surface area contributed by atoms with Crippen molar-refractivity contribution in [3.05, 3.63) is 41.8 Å². The van der Waals surface area contributed by atoms with E-state index in [9.17, 15) is 4.79 Å². The van der Waals surface area contributed by atoms with Gasteiger partial charge in [0.05, 0.1) is 5.92 Å². The van der Waals surface area contributed by atoms with E-state index in [2.05, 4.69) is 21.5 Å². The van der Waals surface area contributed by atoms with Crippen molar-refractivity contribution in [1.82, 2.24) is 25.3 Å². The normalized spacial score (nSPS) is 23.3. The zero-order valence-electron chi connectivity index (χ0n) is 16.0. The highest BCUT2D eigenvalue weighted by molar-refractivity contribution is 5.75. The van der Waals surface area contributed by atoms with E-state index >= 15 is 0 Å². The van der Waals surface area contributed by atoms with Gasteiger partial charge in [-0.25, -0.2) is 4.79 Å². The highest BCUT2D eigenvalue weighted by Gasteiger charge is 2.41. The molecule has 2 aromatic heterocycles. The number of hydrogen-bond acceptors (Lipinski definition) is 5. The quantitative estimate of drug-likeness (QED) is 0.893. The van der Waals surface area contributed by atoms with E-state index in [4.69, 9.17) is 9.51 Å². The summed E-state index contributed by atoms with van der Waals surface area (Å²) in [4.78, 5) is 23.4. The van der Waals surface area contributed by atoms with Crippen LogP contribution in [0.25, 0.3) is 0 Å². The molecular weight excluding hydrogens is 342 g/mol. The first-order valence-corrected chi connectivity index (χ1v) is 9.90. The van der Waals surface area contributed by atoms with Gasteiger partial charge in [0, 0.05) is 43.4 Å². The number of carbonyl (C=O) groups is 1. The minimum Gasteiger partial charge on any atom is -0.339 e. The van der Waals surface area contributed by atoms with Crippen LogP contribution in [0.15, 0.2) is 29.0 Å². The van der Waals surface area contributed by atoms with E-state index in [1.165, 1.54) is 12.8 Å². The molecule has 1 saturated heterocycles. The maximum absolute atomic E-state index is 12.6. The molecule has 0 spiro atoms. The van der Waals surface area contributed by atoms with Crippen molar-refractivity contribution in [2.45, 2.75) is 63.3 Å². The van der Waals surface area contributed by atoms with Gasteiger partial charge in [-0.05, 0) is 38.3 Å². The Morgan fingerprint density at radius 3 is 2.74 bits per heavy atom. The molecule has 2 amide bonds. The second kappa shape index (κ2) is 7.66. The summed E-state index contributed by atoms with van der Waals surface area (Å²) < 4.78 is 5.68. The highest BCUT2D eigenvalue weighted by Crippen LogP contribution is 2.40. The van der Waals surface area contributed by atoms with Crippen LogP contribution in [0.3, 0.4) is 0 Å². The molecule has 3 heterocycles. The van der Waals surface area contributed by atoms with Gasteiger partial charge in [-0.15, -0.1) is 0 Å². The van der Waals surface area contributed by atoms with E-state index in [1.807, 2.05) is 31.0 Å². The molecule has 0 radical (unpaired) electrons. The minimum absolute atomic E-state index is 0.00485. The summed E-state index contributed by atoms with van der Waals surface area (Å²) in [5, 5.41) is 7.25. The molecule has 1 aliphatic heterocycles. The standard InChI is InChI=1S/C20H27N5O2/c1-13(2)22-20(26)25-11-16(15-8-5-9-21-10-15)17(12-25)19-23-18(24-27-19)14-6-3-4-7-14/h5,8-10,13-14,16-17H,3-4,6-7,11-12H2,1-2H3,(H,22,26)/t16-,17+/m0/s1. The third kappa shape index (κ3) is 3.82. The summed E-state index contributed by atoms with van der Waals surface area (Å²) >= 11 is 0. The number of nitrogens with one attached hydrogen (secondary N) is 1. The first-order chi connectivity index (χ1) is 13.1. The van der Waals surface area contributed by atoms with Crippen molar-refractivity contribution in [3.63, 3.8) is 0 Å². The van der Waals surface area contributed by atoms with Gasteiger partial charge in [0.15, 0.2) is 5.82 Å². The Balaban J connectivity index is 1.58. The molecule has 2 aliphatic rings. The summed E-state index contributed by atoms with van der Waals surface area (Å²) in [7, 11) is 0. The average molecular weight is 369 g/mol. The molecule has 1 N–H and O–H groups in total.